The van der Waals surface area contributed by atoms with E-state index in [-0.39, 0.29) is 5.56 Å². The maximum atomic E-state index is 12.4. The number of carbonyl (C=O) groups is 1. The van der Waals surface area contributed by atoms with E-state index in [0.29, 0.717) is 4.70 Å². The van der Waals surface area contributed by atoms with Crippen LogP contribution in [0.4, 0.5) is 4.79 Å². The van der Waals surface area contributed by atoms with Gasteiger partial charge in [0.2, 0.25) is 0 Å². The quantitative estimate of drug-likeness (QED) is 0.749. The molecule has 0 unspecified atom stereocenters. The number of nitrogens with zero attached hydrogens (tertiary/aromatic N) is 1. The molecule has 0 bridgehead atoms. The molecule has 3 aromatic rings. The van der Waals surface area contributed by atoms with Gasteiger partial charge in [0.1, 0.15) is 4.70 Å². The third kappa shape index (κ3) is 2.06. The first kappa shape index (κ1) is 13.6. The Bertz CT molecular complexity index is 907. The Hall–Kier alpha value is -2.40. The molecule has 106 valence electrons. The van der Waals surface area contributed by atoms with Crippen molar-refractivity contribution in [3.63, 3.8) is 0 Å². The molecule has 4 nitrogen and oxygen atoms in total. The summed E-state index contributed by atoms with van der Waals surface area (Å²) in [6, 6.07) is 8.93. The topological polar surface area (TPSA) is 65.1 Å². The van der Waals surface area contributed by atoms with Crippen molar-refractivity contribution in [3.05, 3.63) is 57.3 Å². The molecule has 0 saturated carbocycles. The van der Waals surface area contributed by atoms with E-state index in [1.807, 2.05) is 44.2 Å². The summed E-state index contributed by atoms with van der Waals surface area (Å²) < 4.78 is 1.56. The van der Waals surface area contributed by atoms with Crippen LogP contribution in [0.25, 0.3) is 21.2 Å². The van der Waals surface area contributed by atoms with Gasteiger partial charge in [0, 0.05) is 22.0 Å². The molecule has 0 aliphatic carbocycles. The maximum Gasteiger partial charge on any atom is 0.325 e. The largest absolute Gasteiger partial charge is 0.351 e. The van der Waals surface area contributed by atoms with Gasteiger partial charge in [-0.3, -0.25) is 4.79 Å². The minimum Gasteiger partial charge on any atom is -0.351 e. The van der Waals surface area contributed by atoms with Gasteiger partial charge in [0.15, 0.2) is 0 Å². The van der Waals surface area contributed by atoms with E-state index in [1.165, 1.54) is 11.3 Å². The fourth-order valence-corrected chi connectivity index (χ4v) is 3.58. The van der Waals surface area contributed by atoms with Crippen LogP contribution in [-0.4, -0.2) is 10.6 Å². The molecule has 2 N–H and O–H groups in total. The van der Waals surface area contributed by atoms with Crippen LogP contribution in [0.15, 0.2) is 41.3 Å². The van der Waals surface area contributed by atoms with Gasteiger partial charge in [0.25, 0.3) is 5.56 Å². The smallest absolute Gasteiger partial charge is 0.325 e. The van der Waals surface area contributed by atoms with Crippen molar-refractivity contribution >= 4 is 27.5 Å². The number of aryl methyl sites for hydroxylation is 2. The number of pyridine rings is 1. The van der Waals surface area contributed by atoms with Gasteiger partial charge in [-0.15, -0.1) is 11.3 Å². The molecule has 0 radical (unpaired) electrons. The third-order valence-electron chi connectivity index (χ3n) is 3.65. The van der Waals surface area contributed by atoms with Crippen molar-refractivity contribution in [3.8, 4) is 11.1 Å². The molecule has 1 aromatic carbocycles. The van der Waals surface area contributed by atoms with E-state index in [2.05, 4.69) is 0 Å². The molecule has 5 heteroatoms. The summed E-state index contributed by atoms with van der Waals surface area (Å²) in [5.74, 6) is 0. The number of fused-ring (bicyclic) bond motifs is 1. The standard InChI is InChI=1S/C16H14N2O2S/c1-9-10(2)21-14-13(9)12(11-6-4-3-5-7-11)8-18(15(14)19)16(17)20/h3-8H,1-2H3,(H2,17,20). The van der Waals surface area contributed by atoms with Crippen LogP contribution in [0.2, 0.25) is 0 Å². The zero-order chi connectivity index (χ0) is 15.1. The number of benzene rings is 1. The van der Waals surface area contributed by atoms with Crippen molar-refractivity contribution in [2.45, 2.75) is 13.8 Å². The maximum absolute atomic E-state index is 12.4. The molecular formula is C16H14N2O2S. The van der Waals surface area contributed by atoms with E-state index < -0.39 is 6.03 Å². The van der Waals surface area contributed by atoms with Crippen LogP contribution in [0.5, 0.6) is 0 Å². The Morgan fingerprint density at radius 3 is 2.48 bits per heavy atom. The zero-order valence-electron chi connectivity index (χ0n) is 11.7. The Labute approximate surface area is 125 Å². The van der Waals surface area contributed by atoms with Crippen molar-refractivity contribution in [1.82, 2.24) is 4.57 Å². The lowest BCUT2D eigenvalue weighted by molar-refractivity contribution is 0.250. The number of nitrogens with two attached hydrogens (primary N) is 1. The van der Waals surface area contributed by atoms with E-state index in [0.717, 1.165) is 31.5 Å². The number of carbonyl (C=O) groups excluding carboxylic acids is 1. The van der Waals surface area contributed by atoms with E-state index in [1.54, 1.807) is 6.20 Å². The van der Waals surface area contributed by atoms with Crippen molar-refractivity contribution < 1.29 is 4.79 Å². The molecule has 2 aromatic heterocycles. The molecule has 0 saturated heterocycles. The Morgan fingerprint density at radius 2 is 1.86 bits per heavy atom. The summed E-state index contributed by atoms with van der Waals surface area (Å²) in [6.07, 6.45) is 1.54. The number of hydrogen-bond donors (Lipinski definition) is 1. The zero-order valence-corrected chi connectivity index (χ0v) is 12.5. The van der Waals surface area contributed by atoms with Gasteiger partial charge < -0.3 is 5.73 Å². The highest BCUT2D eigenvalue weighted by molar-refractivity contribution is 7.19. The van der Waals surface area contributed by atoms with Crippen molar-refractivity contribution in [2.75, 3.05) is 0 Å². The molecule has 0 spiro atoms. The number of thiophene rings is 1. The average Bonchev–Trinajstić information content (AvgIpc) is 2.77. The van der Waals surface area contributed by atoms with E-state index in [4.69, 9.17) is 5.73 Å². The van der Waals surface area contributed by atoms with Gasteiger partial charge in [-0.2, -0.15) is 0 Å². The fraction of sp³-hybridized carbons (Fsp3) is 0.125. The minimum absolute atomic E-state index is 0.349. The number of amides is 1. The normalized spacial score (nSPS) is 11.0. The third-order valence-corrected chi connectivity index (χ3v) is 4.84. The predicted octanol–water partition coefficient (Wildman–Crippen LogP) is 3.27. The SMILES string of the molecule is Cc1sc2c(=O)n(C(N)=O)cc(-c3ccccc3)c2c1C. The summed E-state index contributed by atoms with van der Waals surface area (Å²) in [5, 5.41) is 0.909. The van der Waals surface area contributed by atoms with Crippen LogP contribution in [-0.2, 0) is 0 Å². The number of primary amides is 1. The van der Waals surface area contributed by atoms with Crippen LogP contribution < -0.4 is 11.3 Å². The first-order valence-corrected chi connectivity index (χ1v) is 7.33. The molecule has 0 atom stereocenters. The monoisotopic (exact) mass is 298 g/mol. The van der Waals surface area contributed by atoms with Gasteiger partial charge in [-0.25, -0.2) is 9.36 Å². The molecule has 0 aliphatic rings. The molecule has 2 heterocycles. The summed E-state index contributed by atoms with van der Waals surface area (Å²) >= 11 is 1.40. The summed E-state index contributed by atoms with van der Waals surface area (Å²) in [6.45, 7) is 3.97. The molecule has 21 heavy (non-hydrogen) atoms. The van der Waals surface area contributed by atoms with Gasteiger partial charge in [-0.05, 0) is 25.0 Å². The second-order valence-corrected chi connectivity index (χ2v) is 6.13. The van der Waals surface area contributed by atoms with Crippen LogP contribution in [0.3, 0.4) is 0 Å². The van der Waals surface area contributed by atoms with E-state index in [9.17, 15) is 9.59 Å². The highest BCUT2D eigenvalue weighted by Gasteiger charge is 2.17. The number of rotatable bonds is 1. The number of hydrogen-bond acceptors (Lipinski definition) is 3. The lowest BCUT2D eigenvalue weighted by atomic mass is 10.0. The summed E-state index contributed by atoms with van der Waals surface area (Å²) in [5.41, 5.74) is 7.86. The first-order chi connectivity index (χ1) is 10.0. The fourth-order valence-electron chi connectivity index (χ4n) is 2.46. The predicted molar refractivity (Wildman–Crippen MR) is 86.0 cm³/mol. The summed E-state index contributed by atoms with van der Waals surface area (Å²) in [7, 11) is 0. The Morgan fingerprint density at radius 1 is 1.19 bits per heavy atom. The second kappa shape index (κ2) is 4.86. The lowest BCUT2D eigenvalue weighted by Gasteiger charge is -2.08. The number of aromatic nitrogens is 1. The van der Waals surface area contributed by atoms with Crippen LogP contribution in [0, 0.1) is 13.8 Å². The highest BCUT2D eigenvalue weighted by Crippen LogP contribution is 2.35. The second-order valence-electron chi connectivity index (χ2n) is 4.91. The minimum atomic E-state index is -0.761. The van der Waals surface area contributed by atoms with Gasteiger partial charge >= 0.3 is 6.03 Å². The molecule has 0 aliphatic heterocycles. The van der Waals surface area contributed by atoms with Crippen molar-refractivity contribution in [1.29, 1.82) is 0 Å². The lowest BCUT2D eigenvalue weighted by Crippen LogP contribution is -2.31. The molecule has 3 rings (SSSR count). The average molecular weight is 298 g/mol. The van der Waals surface area contributed by atoms with Gasteiger partial charge in [-0.1, -0.05) is 30.3 Å². The first-order valence-electron chi connectivity index (χ1n) is 6.51. The molecular weight excluding hydrogens is 284 g/mol. The van der Waals surface area contributed by atoms with E-state index >= 15 is 0 Å². The summed E-state index contributed by atoms with van der Waals surface area (Å²) in [4.78, 5) is 25.0. The Kier molecular flexibility index (Phi) is 3.14. The van der Waals surface area contributed by atoms with Crippen LogP contribution >= 0.6 is 11.3 Å². The van der Waals surface area contributed by atoms with Gasteiger partial charge in [0.05, 0.1) is 0 Å². The molecule has 0 fully saturated rings. The molecule has 1 amide bonds. The van der Waals surface area contributed by atoms with Crippen LogP contribution in [0.1, 0.15) is 10.4 Å². The van der Waals surface area contributed by atoms with Crippen molar-refractivity contribution in [2.24, 2.45) is 5.73 Å². The highest BCUT2D eigenvalue weighted by atomic mass is 32.1. The Balaban J connectivity index is 2.51.